The number of hydrogen-bond acceptors (Lipinski definition) is 4. The molecule has 1 heterocycles. The van der Waals surface area contributed by atoms with Crippen LogP contribution in [-0.2, 0) is 4.79 Å². The minimum atomic E-state index is -0.384. The second-order valence-corrected chi connectivity index (χ2v) is 7.27. The van der Waals surface area contributed by atoms with Crippen LogP contribution >= 0.6 is 0 Å². The van der Waals surface area contributed by atoms with Crippen molar-refractivity contribution in [1.29, 1.82) is 0 Å². The monoisotopic (exact) mass is 383 g/mol. The summed E-state index contributed by atoms with van der Waals surface area (Å²) in [5.41, 5.74) is 3.34. The van der Waals surface area contributed by atoms with Crippen molar-refractivity contribution in [3.8, 4) is 0 Å². The molecule has 1 aliphatic rings. The first-order valence-corrected chi connectivity index (χ1v) is 9.55. The fraction of sp³-hybridized carbons (Fsp3) is 0.364. The van der Waals surface area contributed by atoms with Crippen LogP contribution in [0.5, 0.6) is 0 Å². The number of halogens is 1. The van der Waals surface area contributed by atoms with E-state index in [-0.39, 0.29) is 30.3 Å². The highest BCUT2D eigenvalue weighted by molar-refractivity contribution is 6.00. The number of piperazine rings is 1. The molecule has 1 fully saturated rings. The predicted octanol–water partition coefficient (Wildman–Crippen LogP) is 3.49. The van der Waals surface area contributed by atoms with E-state index in [1.165, 1.54) is 24.3 Å². The first-order valence-electron chi connectivity index (χ1n) is 9.55. The van der Waals surface area contributed by atoms with E-state index in [1.807, 2.05) is 19.1 Å². The molecule has 28 heavy (non-hydrogen) atoms. The second-order valence-electron chi connectivity index (χ2n) is 7.27. The van der Waals surface area contributed by atoms with Gasteiger partial charge in [0.1, 0.15) is 5.82 Å². The van der Waals surface area contributed by atoms with Gasteiger partial charge in [0.05, 0.1) is 0 Å². The van der Waals surface area contributed by atoms with Crippen LogP contribution in [0.25, 0.3) is 0 Å². The van der Waals surface area contributed by atoms with Gasteiger partial charge in [-0.2, -0.15) is 0 Å². The Bertz CT molecular complexity index is 843. The average molecular weight is 383 g/mol. The van der Waals surface area contributed by atoms with Gasteiger partial charge in [0.2, 0.25) is 5.91 Å². The lowest BCUT2D eigenvalue weighted by atomic mass is 10.1. The van der Waals surface area contributed by atoms with E-state index in [0.717, 1.165) is 43.1 Å². The van der Waals surface area contributed by atoms with Crippen molar-refractivity contribution in [3.05, 3.63) is 59.4 Å². The number of Topliss-reactive ketones (excluding diaryl/α,β-unsaturated/α-hetero) is 1. The molecule has 1 aliphatic heterocycles. The molecule has 0 saturated carbocycles. The third kappa shape index (κ3) is 5.16. The highest BCUT2D eigenvalue weighted by atomic mass is 19.1. The van der Waals surface area contributed by atoms with Crippen molar-refractivity contribution in [1.82, 2.24) is 4.90 Å². The average Bonchev–Trinajstić information content (AvgIpc) is 2.69. The third-order valence-corrected chi connectivity index (χ3v) is 5.10. The fourth-order valence-corrected chi connectivity index (χ4v) is 3.27. The highest BCUT2D eigenvalue weighted by Crippen LogP contribution is 2.24. The minimum absolute atomic E-state index is 0.0931. The summed E-state index contributed by atoms with van der Waals surface area (Å²) in [6.07, 6.45) is 0.186. The Morgan fingerprint density at radius 1 is 1.00 bits per heavy atom. The van der Waals surface area contributed by atoms with Crippen LogP contribution in [0.2, 0.25) is 0 Å². The lowest BCUT2D eigenvalue weighted by molar-refractivity contribution is -0.116. The van der Waals surface area contributed by atoms with E-state index >= 15 is 0 Å². The number of anilines is 2. The van der Waals surface area contributed by atoms with Gasteiger partial charge in [-0.3, -0.25) is 9.59 Å². The third-order valence-electron chi connectivity index (χ3n) is 5.10. The Labute approximate surface area is 165 Å². The van der Waals surface area contributed by atoms with Gasteiger partial charge in [-0.15, -0.1) is 0 Å². The van der Waals surface area contributed by atoms with Crippen molar-refractivity contribution in [3.63, 3.8) is 0 Å². The largest absolute Gasteiger partial charge is 0.369 e. The first-order chi connectivity index (χ1) is 13.4. The molecule has 1 N–H and O–H groups in total. The van der Waals surface area contributed by atoms with Crippen molar-refractivity contribution in [2.45, 2.75) is 19.8 Å². The quantitative estimate of drug-likeness (QED) is 0.776. The minimum Gasteiger partial charge on any atom is -0.369 e. The van der Waals surface area contributed by atoms with Gasteiger partial charge in [0.25, 0.3) is 0 Å². The van der Waals surface area contributed by atoms with Gasteiger partial charge in [0.15, 0.2) is 5.78 Å². The molecule has 1 saturated heterocycles. The van der Waals surface area contributed by atoms with Crippen molar-refractivity contribution in [2.24, 2.45) is 0 Å². The number of likely N-dealkylation sites (N-methyl/N-ethyl adjacent to an activating group) is 1. The van der Waals surface area contributed by atoms with Gasteiger partial charge in [-0.25, -0.2) is 4.39 Å². The van der Waals surface area contributed by atoms with E-state index in [2.05, 4.69) is 28.2 Å². The number of amides is 1. The molecule has 6 heteroatoms. The molecule has 0 atom stereocenters. The van der Waals surface area contributed by atoms with E-state index in [1.54, 1.807) is 0 Å². The lowest BCUT2D eigenvalue weighted by Gasteiger charge is -2.34. The van der Waals surface area contributed by atoms with Crippen LogP contribution in [0.1, 0.15) is 28.8 Å². The summed E-state index contributed by atoms with van der Waals surface area (Å²) >= 11 is 0. The fourth-order valence-electron chi connectivity index (χ4n) is 3.27. The molecular weight excluding hydrogens is 357 g/mol. The summed E-state index contributed by atoms with van der Waals surface area (Å²) in [6, 6.07) is 11.4. The molecule has 0 spiro atoms. The normalized spacial score (nSPS) is 14.8. The summed E-state index contributed by atoms with van der Waals surface area (Å²) < 4.78 is 12.9. The van der Waals surface area contributed by atoms with E-state index < -0.39 is 0 Å². The number of rotatable bonds is 6. The van der Waals surface area contributed by atoms with Crippen LogP contribution < -0.4 is 10.2 Å². The topological polar surface area (TPSA) is 52.6 Å². The molecule has 148 valence electrons. The molecule has 5 nitrogen and oxygen atoms in total. The summed E-state index contributed by atoms with van der Waals surface area (Å²) in [4.78, 5) is 29.0. The summed E-state index contributed by atoms with van der Waals surface area (Å²) in [5, 5.41) is 2.89. The van der Waals surface area contributed by atoms with Gasteiger partial charge in [0, 0.05) is 56.0 Å². The number of ketones is 1. The van der Waals surface area contributed by atoms with Crippen LogP contribution in [0.4, 0.5) is 15.8 Å². The summed E-state index contributed by atoms with van der Waals surface area (Å²) in [5.74, 6) is -0.756. The zero-order valence-electron chi connectivity index (χ0n) is 16.4. The van der Waals surface area contributed by atoms with Crippen LogP contribution in [0.15, 0.2) is 42.5 Å². The van der Waals surface area contributed by atoms with Gasteiger partial charge >= 0.3 is 0 Å². The molecule has 1 amide bonds. The Morgan fingerprint density at radius 3 is 2.32 bits per heavy atom. The molecule has 0 unspecified atom stereocenters. The second kappa shape index (κ2) is 8.97. The number of hydrogen-bond donors (Lipinski definition) is 1. The highest BCUT2D eigenvalue weighted by Gasteiger charge is 2.15. The number of benzene rings is 2. The van der Waals surface area contributed by atoms with Crippen LogP contribution in [0, 0.1) is 12.7 Å². The molecule has 0 aromatic heterocycles. The van der Waals surface area contributed by atoms with Gasteiger partial charge in [-0.1, -0.05) is 0 Å². The molecule has 0 bridgehead atoms. The molecular formula is C22H26FN3O2. The number of carbonyl (C=O) groups excluding carboxylic acids is 2. The maximum Gasteiger partial charge on any atom is 0.224 e. The zero-order valence-corrected chi connectivity index (χ0v) is 16.4. The van der Waals surface area contributed by atoms with E-state index in [4.69, 9.17) is 0 Å². The van der Waals surface area contributed by atoms with E-state index in [9.17, 15) is 14.0 Å². The van der Waals surface area contributed by atoms with Crippen molar-refractivity contribution >= 4 is 23.1 Å². The van der Waals surface area contributed by atoms with Crippen molar-refractivity contribution in [2.75, 3.05) is 43.4 Å². The Morgan fingerprint density at radius 2 is 1.68 bits per heavy atom. The van der Waals surface area contributed by atoms with Crippen LogP contribution in [-0.4, -0.2) is 49.8 Å². The Kier molecular flexibility index (Phi) is 6.41. The Balaban J connectivity index is 1.53. The van der Waals surface area contributed by atoms with Crippen molar-refractivity contribution < 1.29 is 14.0 Å². The smallest absolute Gasteiger partial charge is 0.224 e. The number of aryl methyl sites for hydroxylation is 1. The van der Waals surface area contributed by atoms with Gasteiger partial charge in [-0.05, 0) is 62.0 Å². The number of nitrogens with zero attached hydrogens (tertiary/aromatic N) is 2. The SMILES string of the molecule is Cc1cc(N2CCN(C)CC2)ccc1NC(=O)CCC(=O)c1ccc(F)cc1. The Hall–Kier alpha value is -2.73. The molecule has 0 aliphatic carbocycles. The summed E-state index contributed by atoms with van der Waals surface area (Å²) in [7, 11) is 2.13. The number of carbonyl (C=O) groups is 2. The zero-order chi connectivity index (χ0) is 20.1. The molecule has 2 aromatic carbocycles. The maximum absolute atomic E-state index is 12.9. The molecule has 3 rings (SSSR count). The summed E-state index contributed by atoms with van der Waals surface area (Å²) in [6.45, 7) is 6.04. The lowest BCUT2D eigenvalue weighted by Crippen LogP contribution is -2.44. The van der Waals surface area contributed by atoms with E-state index in [0.29, 0.717) is 5.56 Å². The number of nitrogens with one attached hydrogen (secondary N) is 1. The predicted molar refractivity (Wildman–Crippen MR) is 109 cm³/mol. The van der Waals surface area contributed by atoms with Crippen LogP contribution in [0.3, 0.4) is 0 Å². The first kappa shape index (κ1) is 20.0. The van der Waals surface area contributed by atoms with Gasteiger partial charge < -0.3 is 15.1 Å². The molecule has 0 radical (unpaired) electrons. The standard InChI is InChI=1S/C22H26FN3O2/c1-16-15-19(26-13-11-25(2)12-14-26)7-8-20(16)24-22(28)10-9-21(27)17-3-5-18(23)6-4-17/h3-8,15H,9-14H2,1-2H3,(H,24,28). The molecule has 2 aromatic rings. The maximum atomic E-state index is 12.9.